The van der Waals surface area contributed by atoms with Gasteiger partial charge in [-0.3, -0.25) is 4.98 Å². The molecule has 0 atom stereocenters. The third-order valence-electron chi connectivity index (χ3n) is 4.33. The Morgan fingerprint density at radius 2 is 1.90 bits per heavy atom. The number of pyridine rings is 1. The van der Waals surface area contributed by atoms with Crippen LogP contribution in [0.15, 0.2) is 47.5 Å². The number of benzene rings is 1. The lowest BCUT2D eigenvalue weighted by molar-refractivity contribution is 0.200. The number of ether oxygens (including phenoxy) is 1. The van der Waals surface area contributed by atoms with E-state index in [-0.39, 0.29) is 11.5 Å². The number of aromatic hydroxyl groups is 1. The van der Waals surface area contributed by atoms with Crippen molar-refractivity contribution in [3.63, 3.8) is 0 Å². The number of phenolic OH excluding ortho intramolecular Hbond substituents is 1. The monoisotopic (exact) mass is 396 g/mol. The van der Waals surface area contributed by atoms with E-state index in [1.165, 1.54) is 31.7 Å². The third kappa shape index (κ3) is 6.03. The number of carbonyl (C=O) groups excluding carboxylic acids is 1. The number of unbranched alkanes of at least 4 members (excludes halogenated alkanes) is 4. The van der Waals surface area contributed by atoms with Gasteiger partial charge in [0, 0.05) is 30.6 Å². The summed E-state index contributed by atoms with van der Waals surface area (Å²) in [5, 5.41) is 20.3. The molecule has 0 saturated heterocycles. The van der Waals surface area contributed by atoms with Gasteiger partial charge < -0.3 is 19.6 Å². The number of phenols is 1. The van der Waals surface area contributed by atoms with E-state index in [1.54, 1.807) is 30.6 Å². The summed E-state index contributed by atoms with van der Waals surface area (Å²) in [7, 11) is 0. The summed E-state index contributed by atoms with van der Waals surface area (Å²) in [6.07, 6.45) is 9.48. The number of aromatic nitrogens is 3. The fraction of sp³-hybridized carbons (Fsp3) is 0.333. The lowest BCUT2D eigenvalue weighted by Crippen LogP contribution is -2.27. The largest absolute Gasteiger partial charge is 0.508 e. The highest BCUT2D eigenvalue weighted by Crippen LogP contribution is 2.30. The summed E-state index contributed by atoms with van der Waals surface area (Å²) >= 11 is 0. The first-order chi connectivity index (χ1) is 14.2. The maximum Gasteiger partial charge on any atom is 0.412 e. The summed E-state index contributed by atoms with van der Waals surface area (Å²) in [4.78, 5) is 16.2. The van der Waals surface area contributed by atoms with Crippen molar-refractivity contribution in [3.05, 3.63) is 43.1 Å². The highest BCUT2D eigenvalue weighted by molar-refractivity contribution is 5.74. The zero-order valence-corrected chi connectivity index (χ0v) is 16.3. The van der Waals surface area contributed by atoms with Crippen molar-refractivity contribution in [1.82, 2.24) is 20.5 Å². The molecule has 3 aromatic rings. The molecule has 2 aromatic heterocycles. The summed E-state index contributed by atoms with van der Waals surface area (Å²) < 4.78 is 10.5. The number of nitrogens with one attached hydrogen (secondary N) is 1. The Morgan fingerprint density at radius 3 is 2.69 bits per heavy atom. The average molecular weight is 396 g/mol. The van der Waals surface area contributed by atoms with Crippen LogP contribution in [-0.2, 0) is 0 Å². The van der Waals surface area contributed by atoms with Gasteiger partial charge >= 0.3 is 6.09 Å². The lowest BCUT2D eigenvalue weighted by atomic mass is 10.1. The Balaban J connectivity index is 1.64. The van der Waals surface area contributed by atoms with Gasteiger partial charge in [-0.1, -0.05) is 32.6 Å². The fourth-order valence-corrected chi connectivity index (χ4v) is 2.88. The second-order valence-electron chi connectivity index (χ2n) is 6.65. The third-order valence-corrected chi connectivity index (χ3v) is 4.33. The van der Waals surface area contributed by atoms with Crippen molar-refractivity contribution in [2.75, 3.05) is 6.54 Å². The smallest absolute Gasteiger partial charge is 0.412 e. The number of carbonyl (C=O) groups is 1. The van der Waals surface area contributed by atoms with Crippen LogP contribution in [0.4, 0.5) is 4.79 Å². The minimum Gasteiger partial charge on any atom is -0.508 e. The van der Waals surface area contributed by atoms with Gasteiger partial charge in [0.05, 0.1) is 5.56 Å². The van der Waals surface area contributed by atoms with E-state index in [1.807, 2.05) is 0 Å². The van der Waals surface area contributed by atoms with Crippen molar-refractivity contribution in [2.45, 2.75) is 39.0 Å². The maximum atomic E-state index is 12.0. The predicted octanol–water partition coefficient (Wildman–Crippen LogP) is 4.56. The minimum atomic E-state index is -0.547. The average Bonchev–Trinajstić information content (AvgIpc) is 3.25. The summed E-state index contributed by atoms with van der Waals surface area (Å²) in [6.45, 7) is 2.72. The molecular formula is C21H24N4O4. The molecule has 2 heterocycles. The van der Waals surface area contributed by atoms with Gasteiger partial charge in [0.1, 0.15) is 11.5 Å². The Labute approximate surface area is 169 Å². The van der Waals surface area contributed by atoms with Gasteiger partial charge in [0.15, 0.2) is 0 Å². The zero-order chi connectivity index (χ0) is 20.5. The first kappa shape index (κ1) is 20.3. The van der Waals surface area contributed by atoms with E-state index >= 15 is 0 Å². The van der Waals surface area contributed by atoms with E-state index in [4.69, 9.17) is 9.15 Å². The van der Waals surface area contributed by atoms with Gasteiger partial charge in [-0.05, 0) is 30.2 Å². The molecule has 2 N–H and O–H groups in total. The van der Waals surface area contributed by atoms with Gasteiger partial charge in [-0.15, -0.1) is 10.2 Å². The second kappa shape index (κ2) is 10.2. The molecule has 0 radical (unpaired) electrons. The van der Waals surface area contributed by atoms with Crippen LogP contribution in [0.3, 0.4) is 0 Å². The first-order valence-corrected chi connectivity index (χ1v) is 9.67. The van der Waals surface area contributed by atoms with Crippen LogP contribution in [0.1, 0.15) is 39.0 Å². The van der Waals surface area contributed by atoms with Crippen molar-refractivity contribution in [1.29, 1.82) is 0 Å². The standard InChI is InChI=1S/C21H24N4O4/c1-2-3-4-5-6-7-23-21(27)29-19-10-15(9-18(26)11-19)16-8-17(13-22-12-16)20-25-24-14-28-20/h8-14,26H,2-7H2,1H3,(H,23,27). The van der Waals surface area contributed by atoms with Gasteiger partial charge in [-0.25, -0.2) is 4.79 Å². The highest BCUT2D eigenvalue weighted by atomic mass is 16.6. The van der Waals surface area contributed by atoms with Crippen molar-refractivity contribution in [3.8, 4) is 34.1 Å². The van der Waals surface area contributed by atoms with E-state index in [2.05, 4.69) is 27.4 Å². The van der Waals surface area contributed by atoms with Crippen molar-refractivity contribution < 1.29 is 19.1 Å². The van der Waals surface area contributed by atoms with Crippen LogP contribution < -0.4 is 10.1 Å². The number of hydrogen-bond donors (Lipinski definition) is 2. The lowest BCUT2D eigenvalue weighted by Gasteiger charge is -2.09. The topological polar surface area (TPSA) is 110 Å². The van der Waals surface area contributed by atoms with Crippen LogP contribution in [0.5, 0.6) is 11.5 Å². The molecular weight excluding hydrogens is 372 g/mol. The molecule has 0 aliphatic rings. The molecule has 152 valence electrons. The molecule has 8 nitrogen and oxygen atoms in total. The van der Waals surface area contributed by atoms with Crippen LogP contribution in [0.2, 0.25) is 0 Å². The molecule has 0 fully saturated rings. The summed E-state index contributed by atoms with van der Waals surface area (Å²) in [5.41, 5.74) is 1.99. The normalized spacial score (nSPS) is 10.7. The molecule has 3 rings (SSSR count). The molecule has 29 heavy (non-hydrogen) atoms. The van der Waals surface area contributed by atoms with Crippen LogP contribution in [0, 0.1) is 0 Å². The van der Waals surface area contributed by atoms with Crippen LogP contribution >= 0.6 is 0 Å². The van der Waals surface area contributed by atoms with Crippen molar-refractivity contribution in [2.24, 2.45) is 0 Å². The Bertz CT molecular complexity index is 928. The maximum absolute atomic E-state index is 12.0. The minimum absolute atomic E-state index is 0.0203. The molecule has 0 bridgehead atoms. The van der Waals surface area contributed by atoms with E-state index < -0.39 is 6.09 Å². The predicted molar refractivity (Wildman–Crippen MR) is 107 cm³/mol. The Kier molecular flexibility index (Phi) is 7.16. The van der Waals surface area contributed by atoms with Crippen molar-refractivity contribution >= 4 is 6.09 Å². The van der Waals surface area contributed by atoms with E-state index in [0.717, 1.165) is 12.8 Å². The molecule has 8 heteroatoms. The summed E-state index contributed by atoms with van der Waals surface area (Å²) in [6, 6.07) is 6.41. The number of rotatable bonds is 9. The Morgan fingerprint density at radius 1 is 1.07 bits per heavy atom. The number of hydrogen-bond acceptors (Lipinski definition) is 7. The van der Waals surface area contributed by atoms with Gasteiger partial charge in [-0.2, -0.15) is 0 Å². The van der Waals surface area contributed by atoms with Crippen LogP contribution in [0.25, 0.3) is 22.6 Å². The molecule has 0 aliphatic carbocycles. The number of amides is 1. The summed E-state index contributed by atoms with van der Waals surface area (Å²) in [5.74, 6) is 0.564. The molecule has 0 saturated carbocycles. The number of nitrogens with zero attached hydrogens (tertiary/aromatic N) is 3. The van der Waals surface area contributed by atoms with Gasteiger partial charge in [0.2, 0.25) is 12.3 Å². The quantitative estimate of drug-likeness (QED) is 0.510. The first-order valence-electron chi connectivity index (χ1n) is 9.67. The molecule has 0 unspecified atom stereocenters. The highest BCUT2D eigenvalue weighted by Gasteiger charge is 2.11. The fourth-order valence-electron chi connectivity index (χ4n) is 2.88. The molecule has 0 spiro atoms. The zero-order valence-electron chi connectivity index (χ0n) is 16.3. The van der Waals surface area contributed by atoms with E-state index in [9.17, 15) is 9.90 Å². The molecule has 1 amide bonds. The van der Waals surface area contributed by atoms with Gasteiger partial charge in [0.25, 0.3) is 0 Å². The Hall–Kier alpha value is -3.42. The molecule has 1 aromatic carbocycles. The van der Waals surface area contributed by atoms with Crippen LogP contribution in [-0.4, -0.2) is 32.9 Å². The second-order valence-corrected chi connectivity index (χ2v) is 6.65. The molecule has 0 aliphatic heterocycles. The SMILES string of the molecule is CCCCCCCNC(=O)Oc1cc(O)cc(-c2cncc(-c3nnco3)c2)c1. The van der Waals surface area contributed by atoms with E-state index in [0.29, 0.717) is 29.1 Å².